The van der Waals surface area contributed by atoms with Crippen molar-refractivity contribution >= 4 is 38.6 Å². The molecule has 1 amide bonds. The molecular weight excluding hydrogens is 318 g/mol. The molecule has 0 aliphatic carbocycles. The van der Waals surface area contributed by atoms with E-state index in [1.807, 2.05) is 6.92 Å². The minimum atomic E-state index is -3.42. The highest BCUT2D eigenvalue weighted by molar-refractivity contribution is 7.91. The zero-order valence-electron chi connectivity index (χ0n) is 10.8. The molecule has 0 radical (unpaired) electrons. The molecule has 0 unspecified atom stereocenters. The van der Waals surface area contributed by atoms with E-state index in [1.165, 1.54) is 30.6 Å². The number of rotatable bonds is 5. The fourth-order valence-electron chi connectivity index (χ4n) is 1.42. The highest BCUT2D eigenvalue weighted by Crippen LogP contribution is 2.21. The van der Waals surface area contributed by atoms with E-state index in [1.54, 1.807) is 6.07 Å². The van der Waals surface area contributed by atoms with Crippen LogP contribution in [-0.4, -0.2) is 26.4 Å². The molecule has 20 heavy (non-hydrogen) atoms. The Balaban J connectivity index is 2.00. The highest BCUT2D eigenvalue weighted by Gasteiger charge is 2.15. The van der Waals surface area contributed by atoms with Crippen molar-refractivity contribution in [2.24, 2.45) is 0 Å². The lowest BCUT2D eigenvalue weighted by atomic mass is 10.4. The molecule has 2 rings (SSSR count). The van der Waals surface area contributed by atoms with Crippen LogP contribution in [0, 0.1) is 6.92 Å². The van der Waals surface area contributed by atoms with Crippen molar-refractivity contribution in [1.82, 2.24) is 15.0 Å². The van der Waals surface area contributed by atoms with E-state index >= 15 is 0 Å². The number of hydrogen-bond acceptors (Lipinski definition) is 6. The first-order valence-electron chi connectivity index (χ1n) is 5.65. The van der Waals surface area contributed by atoms with Crippen LogP contribution < -0.4 is 10.0 Å². The Labute approximate surface area is 124 Å². The third-order valence-electron chi connectivity index (χ3n) is 2.44. The Morgan fingerprint density at radius 1 is 1.35 bits per heavy atom. The number of carbonyl (C=O) groups is 1. The van der Waals surface area contributed by atoms with E-state index in [-0.39, 0.29) is 10.1 Å². The van der Waals surface area contributed by atoms with Crippen molar-refractivity contribution in [3.63, 3.8) is 0 Å². The summed E-state index contributed by atoms with van der Waals surface area (Å²) >= 11 is 2.45. The van der Waals surface area contributed by atoms with Crippen molar-refractivity contribution in [1.29, 1.82) is 0 Å². The van der Waals surface area contributed by atoms with Crippen LogP contribution >= 0.6 is 22.7 Å². The molecule has 6 nitrogen and oxygen atoms in total. The smallest absolute Gasteiger partial charge is 0.263 e. The van der Waals surface area contributed by atoms with Gasteiger partial charge in [-0.1, -0.05) is 0 Å². The quantitative estimate of drug-likeness (QED) is 0.866. The summed E-state index contributed by atoms with van der Waals surface area (Å²) in [6.07, 6.45) is 1.53. The Hall–Kier alpha value is -1.29. The third kappa shape index (κ3) is 3.42. The second-order valence-corrected chi connectivity index (χ2v) is 8.37. The summed E-state index contributed by atoms with van der Waals surface area (Å²) in [7, 11) is -2.05. The van der Waals surface area contributed by atoms with Crippen LogP contribution in [0.2, 0.25) is 0 Å². The topological polar surface area (TPSA) is 88.2 Å². The maximum Gasteiger partial charge on any atom is 0.263 e. The van der Waals surface area contributed by atoms with E-state index in [4.69, 9.17) is 0 Å². The second-order valence-electron chi connectivity index (χ2n) is 3.85. The van der Waals surface area contributed by atoms with E-state index in [9.17, 15) is 13.2 Å². The van der Waals surface area contributed by atoms with Gasteiger partial charge in [-0.3, -0.25) is 4.79 Å². The Morgan fingerprint density at radius 2 is 2.10 bits per heavy atom. The van der Waals surface area contributed by atoms with Crippen molar-refractivity contribution in [2.75, 3.05) is 7.05 Å². The fraction of sp³-hybridized carbons (Fsp3) is 0.273. The number of thiophene rings is 1. The average Bonchev–Trinajstić information content (AvgIpc) is 3.05. The van der Waals surface area contributed by atoms with Gasteiger partial charge in [0.1, 0.15) is 9.09 Å². The number of sulfonamides is 1. The van der Waals surface area contributed by atoms with Gasteiger partial charge in [-0.15, -0.1) is 22.7 Å². The molecular formula is C11H13N3O3S3. The first-order valence-corrected chi connectivity index (χ1v) is 8.77. The molecule has 0 spiro atoms. The molecule has 0 aliphatic rings. The molecule has 0 bridgehead atoms. The standard InChI is InChI=1S/C11H13N3O3S3/c1-7-13-6-9(18-7)11(15)14-5-8-3-4-10(19-8)20(16,17)12-2/h3-4,6,12H,5H2,1-2H3,(H,14,15). The minimum Gasteiger partial charge on any atom is -0.346 e. The van der Waals surface area contributed by atoms with Crippen LogP contribution in [0.4, 0.5) is 0 Å². The summed E-state index contributed by atoms with van der Waals surface area (Å²) in [6.45, 7) is 2.12. The first-order chi connectivity index (χ1) is 9.42. The molecule has 0 saturated carbocycles. The lowest BCUT2D eigenvalue weighted by Gasteiger charge is -2.00. The summed E-state index contributed by atoms with van der Waals surface area (Å²) in [5.41, 5.74) is 0. The largest absolute Gasteiger partial charge is 0.346 e. The Bertz CT molecular complexity index is 718. The zero-order chi connectivity index (χ0) is 14.8. The van der Waals surface area contributed by atoms with E-state index < -0.39 is 10.0 Å². The van der Waals surface area contributed by atoms with Gasteiger partial charge in [-0.25, -0.2) is 18.1 Å². The molecule has 2 N–H and O–H groups in total. The highest BCUT2D eigenvalue weighted by atomic mass is 32.2. The van der Waals surface area contributed by atoms with Crippen molar-refractivity contribution in [3.05, 3.63) is 33.1 Å². The second kappa shape index (κ2) is 6.00. The van der Waals surface area contributed by atoms with E-state index in [2.05, 4.69) is 15.0 Å². The number of thiazole rings is 1. The maximum absolute atomic E-state index is 11.8. The summed E-state index contributed by atoms with van der Waals surface area (Å²) in [5.74, 6) is -0.206. The number of amides is 1. The number of nitrogens with one attached hydrogen (secondary N) is 2. The number of nitrogens with zero attached hydrogens (tertiary/aromatic N) is 1. The predicted octanol–water partition coefficient (Wildman–Crippen LogP) is 1.35. The number of carbonyl (C=O) groups excluding carboxylic acids is 1. The Morgan fingerprint density at radius 3 is 2.70 bits per heavy atom. The molecule has 2 aromatic heterocycles. The van der Waals surface area contributed by atoms with Gasteiger partial charge in [0.05, 0.1) is 17.7 Å². The Kier molecular flexibility index (Phi) is 4.53. The van der Waals surface area contributed by atoms with Crippen LogP contribution in [0.15, 0.2) is 22.5 Å². The van der Waals surface area contributed by atoms with Crippen molar-refractivity contribution in [2.45, 2.75) is 17.7 Å². The minimum absolute atomic E-state index is 0.206. The van der Waals surface area contributed by atoms with Crippen LogP contribution in [-0.2, 0) is 16.6 Å². The van der Waals surface area contributed by atoms with E-state index in [0.717, 1.165) is 21.2 Å². The molecule has 0 aromatic carbocycles. The molecule has 0 aliphatic heterocycles. The third-order valence-corrected chi connectivity index (χ3v) is 6.34. The first kappa shape index (κ1) is 15.1. The van der Waals surface area contributed by atoms with Crippen LogP contribution in [0.25, 0.3) is 0 Å². The van der Waals surface area contributed by atoms with Gasteiger partial charge in [0.2, 0.25) is 10.0 Å². The van der Waals surface area contributed by atoms with Gasteiger partial charge in [0.15, 0.2) is 0 Å². The number of aromatic nitrogens is 1. The normalized spacial score (nSPS) is 11.5. The average molecular weight is 331 g/mol. The molecule has 2 aromatic rings. The van der Waals surface area contributed by atoms with Crippen LogP contribution in [0.5, 0.6) is 0 Å². The van der Waals surface area contributed by atoms with E-state index in [0.29, 0.717) is 11.4 Å². The van der Waals surface area contributed by atoms with Gasteiger partial charge in [-0.05, 0) is 26.1 Å². The van der Waals surface area contributed by atoms with Gasteiger partial charge < -0.3 is 5.32 Å². The summed E-state index contributed by atoms with van der Waals surface area (Å²) in [5, 5.41) is 3.57. The fourth-order valence-corrected chi connectivity index (χ4v) is 4.25. The SMILES string of the molecule is CNS(=O)(=O)c1ccc(CNC(=O)c2cnc(C)s2)s1. The molecule has 2 heterocycles. The van der Waals surface area contributed by atoms with Gasteiger partial charge >= 0.3 is 0 Å². The van der Waals surface area contributed by atoms with Crippen molar-refractivity contribution < 1.29 is 13.2 Å². The monoisotopic (exact) mass is 331 g/mol. The van der Waals surface area contributed by atoms with Gasteiger partial charge in [0, 0.05) is 4.88 Å². The summed E-state index contributed by atoms with van der Waals surface area (Å²) < 4.78 is 25.7. The predicted molar refractivity (Wildman–Crippen MR) is 78.6 cm³/mol. The summed E-state index contributed by atoms with van der Waals surface area (Å²) in [4.78, 5) is 17.2. The van der Waals surface area contributed by atoms with Gasteiger partial charge in [0.25, 0.3) is 5.91 Å². The molecule has 108 valence electrons. The van der Waals surface area contributed by atoms with Crippen LogP contribution in [0.3, 0.4) is 0 Å². The van der Waals surface area contributed by atoms with Gasteiger partial charge in [-0.2, -0.15) is 0 Å². The maximum atomic E-state index is 11.8. The molecule has 0 atom stereocenters. The molecule has 0 fully saturated rings. The zero-order valence-corrected chi connectivity index (χ0v) is 13.3. The van der Waals surface area contributed by atoms with Crippen molar-refractivity contribution in [3.8, 4) is 0 Å². The molecule has 9 heteroatoms. The van der Waals surface area contributed by atoms with Crippen LogP contribution in [0.1, 0.15) is 19.6 Å². The number of hydrogen-bond donors (Lipinski definition) is 2. The summed E-state index contributed by atoms with van der Waals surface area (Å²) in [6, 6.07) is 3.21. The number of aryl methyl sites for hydroxylation is 1. The molecule has 0 saturated heterocycles. The lowest BCUT2D eigenvalue weighted by molar-refractivity contribution is 0.0955. The lowest BCUT2D eigenvalue weighted by Crippen LogP contribution is -2.21.